The van der Waals surface area contributed by atoms with E-state index in [0.717, 1.165) is 16.1 Å². The Balaban J connectivity index is 2.77. The number of hydrogen-bond acceptors (Lipinski definition) is 1. The monoisotopic (exact) mass is 183 g/mol. The van der Waals surface area contributed by atoms with Crippen LogP contribution in [0.2, 0.25) is 0 Å². The largest absolute Gasteiger partial charge is 0.256 e. The summed E-state index contributed by atoms with van der Waals surface area (Å²) < 4.78 is 0. The van der Waals surface area contributed by atoms with E-state index in [-0.39, 0.29) is 5.41 Å². The first kappa shape index (κ1) is 9.02. The highest BCUT2D eigenvalue weighted by Crippen LogP contribution is 2.18. The summed E-state index contributed by atoms with van der Waals surface area (Å²) in [5.41, 5.74) is 1.13. The van der Waals surface area contributed by atoms with E-state index in [1.54, 1.807) is 0 Å². The van der Waals surface area contributed by atoms with Crippen molar-refractivity contribution in [2.75, 3.05) is 0 Å². The van der Waals surface area contributed by atoms with Gasteiger partial charge in [-0.15, -0.1) is 0 Å². The van der Waals surface area contributed by atoms with E-state index >= 15 is 0 Å². The fourth-order valence-electron chi connectivity index (χ4n) is 1.50. The summed E-state index contributed by atoms with van der Waals surface area (Å²) in [6, 6.07) is 8.26. The van der Waals surface area contributed by atoms with E-state index in [9.17, 15) is 0 Å². The third-order valence-electron chi connectivity index (χ3n) is 2.26. The van der Waals surface area contributed by atoms with E-state index in [1.807, 2.05) is 19.2 Å². The average Bonchev–Trinajstić information content (AvgIpc) is 2.22. The normalized spacial score (nSPS) is 17.1. The molecule has 0 aromatic heterocycles. The van der Waals surface area contributed by atoms with Crippen molar-refractivity contribution in [2.45, 2.75) is 20.8 Å². The molecule has 0 aliphatic carbocycles. The zero-order chi connectivity index (χ0) is 10.2. The second kappa shape index (κ2) is 2.99. The number of aryl methyl sites for hydroxylation is 1. The summed E-state index contributed by atoms with van der Waals surface area (Å²) in [5.74, 6) is 0. The van der Waals surface area contributed by atoms with Crippen LogP contribution in [0.3, 0.4) is 0 Å². The van der Waals surface area contributed by atoms with E-state index in [0.29, 0.717) is 0 Å². The van der Waals surface area contributed by atoms with E-state index in [1.165, 1.54) is 0 Å². The lowest BCUT2D eigenvalue weighted by Crippen LogP contribution is -2.25. The summed E-state index contributed by atoms with van der Waals surface area (Å²) in [5, 5.41) is 2.04. The molecule has 0 fully saturated rings. The van der Waals surface area contributed by atoms with Crippen molar-refractivity contribution >= 4 is 6.08 Å². The molecule has 1 heterocycles. The van der Waals surface area contributed by atoms with Gasteiger partial charge < -0.3 is 0 Å². The lowest BCUT2D eigenvalue weighted by Gasteiger charge is -2.11. The lowest BCUT2D eigenvalue weighted by molar-refractivity contribution is 0.669. The summed E-state index contributed by atoms with van der Waals surface area (Å²) >= 11 is 0. The van der Waals surface area contributed by atoms with Gasteiger partial charge in [-0.25, -0.2) is 0 Å². The van der Waals surface area contributed by atoms with Gasteiger partial charge in [0, 0.05) is 22.4 Å². The number of fused-ring (bicyclic) bond motifs is 1. The summed E-state index contributed by atoms with van der Waals surface area (Å²) in [6.07, 6.45) is 6.14. The molecule has 0 spiro atoms. The molecule has 0 unspecified atom stereocenters. The van der Waals surface area contributed by atoms with Crippen LogP contribution in [0.4, 0.5) is 0 Å². The third kappa shape index (κ3) is 1.70. The predicted octanol–water partition coefficient (Wildman–Crippen LogP) is 1.55. The van der Waals surface area contributed by atoms with Crippen molar-refractivity contribution in [1.82, 2.24) is 0 Å². The van der Waals surface area contributed by atoms with Gasteiger partial charge in [0.2, 0.25) is 0 Å². The van der Waals surface area contributed by atoms with Crippen LogP contribution in [0, 0.1) is 24.5 Å². The molecule has 0 amide bonds. The SMILES string of the molecule is Cc1c#cc2c(c1)=NC=CC(C)(C)C=2. The highest BCUT2D eigenvalue weighted by Gasteiger charge is 2.10. The Morgan fingerprint density at radius 2 is 2.07 bits per heavy atom. The highest BCUT2D eigenvalue weighted by molar-refractivity contribution is 5.35. The van der Waals surface area contributed by atoms with Crippen LogP contribution in [-0.4, -0.2) is 0 Å². The van der Waals surface area contributed by atoms with Crippen molar-refractivity contribution in [3.63, 3.8) is 0 Å². The second-order valence-electron chi connectivity index (χ2n) is 4.29. The van der Waals surface area contributed by atoms with Crippen LogP contribution in [0.15, 0.2) is 23.3 Å². The van der Waals surface area contributed by atoms with Gasteiger partial charge in [-0.3, -0.25) is 4.99 Å². The van der Waals surface area contributed by atoms with E-state index < -0.39 is 0 Å². The molecule has 1 aromatic carbocycles. The van der Waals surface area contributed by atoms with Crippen molar-refractivity contribution in [1.29, 1.82) is 0 Å². The minimum absolute atomic E-state index is 0.0499. The molecule has 1 aliphatic rings. The van der Waals surface area contributed by atoms with Gasteiger partial charge in [-0.1, -0.05) is 38.1 Å². The molecule has 0 atom stereocenters. The van der Waals surface area contributed by atoms with Crippen molar-refractivity contribution in [3.05, 3.63) is 46.6 Å². The van der Waals surface area contributed by atoms with E-state index in [4.69, 9.17) is 0 Å². The van der Waals surface area contributed by atoms with Crippen LogP contribution in [0.5, 0.6) is 0 Å². The standard InChI is InChI=1S/C13H13N/c1-10-4-5-11-9-13(2,3)6-7-14-12(11)8-10/h6-9H,1-3H3. The molecule has 2 rings (SSSR count). The van der Waals surface area contributed by atoms with Gasteiger partial charge in [0.25, 0.3) is 0 Å². The topological polar surface area (TPSA) is 12.4 Å². The Kier molecular flexibility index (Phi) is 1.93. The highest BCUT2D eigenvalue weighted by atomic mass is 14.7. The van der Waals surface area contributed by atoms with Crippen molar-refractivity contribution in [3.8, 4) is 0 Å². The molecule has 1 aromatic rings. The first-order valence-electron chi connectivity index (χ1n) is 4.76. The number of nitrogens with zero attached hydrogens (tertiary/aromatic N) is 1. The van der Waals surface area contributed by atoms with Gasteiger partial charge in [-0.2, -0.15) is 0 Å². The fraction of sp³-hybridized carbons (Fsp3) is 0.308. The number of allylic oxidation sites excluding steroid dienone is 1. The molecule has 1 heteroatoms. The Morgan fingerprint density at radius 3 is 2.86 bits per heavy atom. The molecule has 0 saturated carbocycles. The van der Waals surface area contributed by atoms with Crippen LogP contribution >= 0.6 is 0 Å². The second-order valence-corrected chi connectivity index (χ2v) is 4.29. The molecule has 1 aliphatic heterocycles. The number of hydrogen-bond donors (Lipinski definition) is 0. The predicted molar refractivity (Wildman–Crippen MR) is 57.0 cm³/mol. The Labute approximate surface area is 84.5 Å². The molecule has 0 N–H and O–H groups in total. The summed E-state index contributed by atoms with van der Waals surface area (Å²) in [4.78, 5) is 4.38. The van der Waals surface area contributed by atoms with Crippen molar-refractivity contribution < 1.29 is 0 Å². The van der Waals surface area contributed by atoms with Gasteiger partial charge in [0.15, 0.2) is 0 Å². The quantitative estimate of drug-likeness (QED) is 0.578. The Hall–Kier alpha value is -1.55. The average molecular weight is 183 g/mol. The summed E-state index contributed by atoms with van der Waals surface area (Å²) in [6.45, 7) is 6.32. The molecule has 0 saturated heterocycles. The van der Waals surface area contributed by atoms with Crippen LogP contribution in [0.1, 0.15) is 19.4 Å². The van der Waals surface area contributed by atoms with Crippen molar-refractivity contribution in [2.24, 2.45) is 10.4 Å². The maximum Gasteiger partial charge on any atom is 0.0792 e. The molecular formula is C13H13N. The van der Waals surface area contributed by atoms with Crippen LogP contribution in [-0.2, 0) is 0 Å². The van der Waals surface area contributed by atoms with E-state index in [2.05, 4.69) is 43.1 Å². The van der Waals surface area contributed by atoms with Gasteiger partial charge >= 0.3 is 0 Å². The van der Waals surface area contributed by atoms with Gasteiger partial charge in [0.05, 0.1) is 5.36 Å². The molecule has 0 radical (unpaired) electrons. The fourth-order valence-corrected chi connectivity index (χ4v) is 1.50. The molecule has 1 nitrogen and oxygen atoms in total. The first-order valence-corrected chi connectivity index (χ1v) is 4.76. The maximum absolute atomic E-state index is 4.38. The molecule has 14 heavy (non-hydrogen) atoms. The lowest BCUT2D eigenvalue weighted by atomic mass is 9.92. The smallest absolute Gasteiger partial charge is 0.0792 e. The number of rotatable bonds is 0. The van der Waals surface area contributed by atoms with Crippen LogP contribution in [0.25, 0.3) is 6.08 Å². The maximum atomic E-state index is 4.38. The molecule has 0 bridgehead atoms. The Morgan fingerprint density at radius 1 is 1.29 bits per heavy atom. The minimum atomic E-state index is 0.0499. The zero-order valence-corrected chi connectivity index (χ0v) is 8.76. The van der Waals surface area contributed by atoms with Gasteiger partial charge in [0.1, 0.15) is 0 Å². The molecular weight excluding hydrogens is 170 g/mol. The molecule has 70 valence electrons. The third-order valence-corrected chi connectivity index (χ3v) is 2.26. The van der Waals surface area contributed by atoms with Gasteiger partial charge in [-0.05, 0) is 13.0 Å². The van der Waals surface area contributed by atoms with Crippen LogP contribution < -0.4 is 10.6 Å². The first-order chi connectivity index (χ1) is 6.57. The Bertz CT molecular complexity index is 492. The zero-order valence-electron chi connectivity index (χ0n) is 8.76. The minimum Gasteiger partial charge on any atom is -0.256 e. The summed E-state index contributed by atoms with van der Waals surface area (Å²) in [7, 11) is 0.